The highest BCUT2D eigenvalue weighted by molar-refractivity contribution is 7.10. The van der Waals surface area contributed by atoms with Gasteiger partial charge >= 0.3 is 0 Å². The van der Waals surface area contributed by atoms with Crippen molar-refractivity contribution in [1.82, 2.24) is 4.90 Å². The van der Waals surface area contributed by atoms with E-state index in [9.17, 15) is 5.11 Å². The summed E-state index contributed by atoms with van der Waals surface area (Å²) < 4.78 is 5.13. The van der Waals surface area contributed by atoms with Crippen LogP contribution in [0.25, 0.3) is 0 Å². The van der Waals surface area contributed by atoms with Gasteiger partial charge in [0.05, 0.1) is 7.11 Å². The van der Waals surface area contributed by atoms with Crippen molar-refractivity contribution in [3.63, 3.8) is 0 Å². The molecule has 1 aromatic heterocycles. The summed E-state index contributed by atoms with van der Waals surface area (Å²) in [6.45, 7) is 2.00. The van der Waals surface area contributed by atoms with Crippen molar-refractivity contribution in [3.8, 4) is 11.5 Å². The van der Waals surface area contributed by atoms with Gasteiger partial charge in [0.2, 0.25) is 0 Å². The van der Waals surface area contributed by atoms with E-state index in [0.29, 0.717) is 11.8 Å². The predicted octanol–water partition coefficient (Wildman–Crippen LogP) is 4.58. The molecule has 2 heterocycles. The molecule has 3 rings (SSSR count). The Morgan fingerprint density at radius 2 is 2.18 bits per heavy atom. The third kappa shape index (κ3) is 3.45. The molecule has 0 amide bonds. The third-order valence-corrected chi connectivity index (χ3v) is 5.34. The van der Waals surface area contributed by atoms with Crippen LogP contribution in [0.15, 0.2) is 35.7 Å². The fourth-order valence-electron chi connectivity index (χ4n) is 3.23. The van der Waals surface area contributed by atoms with Gasteiger partial charge in [-0.1, -0.05) is 25.0 Å². The van der Waals surface area contributed by atoms with E-state index in [1.807, 2.05) is 23.5 Å². The van der Waals surface area contributed by atoms with Gasteiger partial charge < -0.3 is 9.84 Å². The number of methoxy groups -OCH3 is 1. The minimum absolute atomic E-state index is 0.225. The van der Waals surface area contributed by atoms with Crippen LogP contribution >= 0.6 is 11.3 Å². The van der Waals surface area contributed by atoms with Crippen molar-refractivity contribution in [2.24, 2.45) is 0 Å². The minimum Gasteiger partial charge on any atom is -0.504 e. The van der Waals surface area contributed by atoms with Gasteiger partial charge in [-0.25, -0.2) is 0 Å². The summed E-state index contributed by atoms with van der Waals surface area (Å²) in [6.07, 6.45) is 5.09. The van der Waals surface area contributed by atoms with E-state index >= 15 is 0 Å². The van der Waals surface area contributed by atoms with Gasteiger partial charge in [-0.05, 0) is 48.5 Å². The first-order valence-corrected chi connectivity index (χ1v) is 8.79. The lowest BCUT2D eigenvalue weighted by molar-refractivity contribution is 0.195. The molecule has 1 fully saturated rings. The Bertz CT molecular complexity index is 597. The first-order valence-electron chi connectivity index (χ1n) is 7.91. The van der Waals surface area contributed by atoms with Crippen LogP contribution in [0.1, 0.15) is 42.2 Å². The molecule has 0 saturated carbocycles. The number of benzene rings is 1. The highest BCUT2D eigenvalue weighted by Crippen LogP contribution is 2.35. The van der Waals surface area contributed by atoms with Crippen LogP contribution < -0.4 is 4.74 Å². The quantitative estimate of drug-likeness (QED) is 0.896. The Morgan fingerprint density at radius 3 is 2.91 bits per heavy atom. The van der Waals surface area contributed by atoms with Crippen molar-refractivity contribution in [1.29, 1.82) is 0 Å². The molecule has 118 valence electrons. The second-order valence-corrected chi connectivity index (χ2v) is 6.84. The molecule has 1 saturated heterocycles. The van der Waals surface area contributed by atoms with Crippen LogP contribution in [0, 0.1) is 0 Å². The number of phenols is 1. The second kappa shape index (κ2) is 7.16. The average molecular weight is 317 g/mol. The normalized spacial score (nSPS) is 19.8. The monoisotopic (exact) mass is 317 g/mol. The Morgan fingerprint density at radius 1 is 1.27 bits per heavy atom. The van der Waals surface area contributed by atoms with Gasteiger partial charge in [0.1, 0.15) is 0 Å². The summed E-state index contributed by atoms with van der Waals surface area (Å²) in [5, 5.41) is 12.1. The van der Waals surface area contributed by atoms with Gasteiger partial charge in [0, 0.05) is 17.5 Å². The van der Waals surface area contributed by atoms with Gasteiger partial charge in [-0.15, -0.1) is 11.3 Å². The molecule has 1 aromatic carbocycles. The second-order valence-electron chi connectivity index (χ2n) is 5.86. The summed E-state index contributed by atoms with van der Waals surface area (Å²) in [5.74, 6) is 0.761. The van der Waals surface area contributed by atoms with Crippen LogP contribution in [-0.4, -0.2) is 23.7 Å². The molecule has 22 heavy (non-hydrogen) atoms. The number of hydrogen-bond acceptors (Lipinski definition) is 4. The lowest BCUT2D eigenvalue weighted by atomic mass is 10.1. The molecule has 1 atom stereocenters. The minimum atomic E-state index is 0.225. The van der Waals surface area contributed by atoms with Crippen LogP contribution in [0.2, 0.25) is 0 Å². The Balaban J connectivity index is 1.79. The van der Waals surface area contributed by atoms with E-state index in [2.05, 4.69) is 28.5 Å². The van der Waals surface area contributed by atoms with Crippen molar-refractivity contribution in [2.45, 2.75) is 38.3 Å². The maximum atomic E-state index is 9.98. The third-order valence-electron chi connectivity index (χ3n) is 4.36. The topological polar surface area (TPSA) is 32.7 Å². The van der Waals surface area contributed by atoms with Crippen molar-refractivity contribution < 1.29 is 9.84 Å². The van der Waals surface area contributed by atoms with E-state index in [1.165, 1.54) is 30.6 Å². The summed E-state index contributed by atoms with van der Waals surface area (Å²) in [7, 11) is 1.58. The van der Waals surface area contributed by atoms with Crippen molar-refractivity contribution in [2.75, 3.05) is 13.7 Å². The van der Waals surface area contributed by atoms with E-state index in [0.717, 1.165) is 18.7 Å². The number of hydrogen-bond donors (Lipinski definition) is 1. The van der Waals surface area contributed by atoms with Crippen LogP contribution in [0.3, 0.4) is 0 Å². The highest BCUT2D eigenvalue weighted by atomic mass is 32.1. The first kappa shape index (κ1) is 15.4. The van der Waals surface area contributed by atoms with Crippen LogP contribution in [0.4, 0.5) is 0 Å². The molecule has 1 unspecified atom stereocenters. The molecule has 1 N–H and O–H groups in total. The van der Waals surface area contributed by atoms with Crippen LogP contribution in [-0.2, 0) is 6.54 Å². The predicted molar refractivity (Wildman–Crippen MR) is 90.6 cm³/mol. The number of aromatic hydroxyl groups is 1. The van der Waals surface area contributed by atoms with E-state index < -0.39 is 0 Å². The molecular formula is C18H23NO2S. The summed E-state index contributed by atoms with van der Waals surface area (Å²) in [6, 6.07) is 10.6. The highest BCUT2D eigenvalue weighted by Gasteiger charge is 2.23. The number of likely N-dealkylation sites (tertiary alicyclic amines) is 1. The lowest BCUT2D eigenvalue weighted by Crippen LogP contribution is -2.27. The van der Waals surface area contributed by atoms with Gasteiger partial charge in [0.15, 0.2) is 11.5 Å². The zero-order chi connectivity index (χ0) is 15.4. The largest absolute Gasteiger partial charge is 0.504 e. The molecule has 2 aromatic rings. The smallest absolute Gasteiger partial charge is 0.160 e. The maximum absolute atomic E-state index is 9.98. The fourth-order valence-corrected chi connectivity index (χ4v) is 4.12. The number of rotatable bonds is 4. The summed E-state index contributed by atoms with van der Waals surface area (Å²) >= 11 is 1.85. The Labute approximate surface area is 136 Å². The number of nitrogens with zero attached hydrogens (tertiary/aromatic N) is 1. The van der Waals surface area contributed by atoms with Crippen molar-refractivity contribution >= 4 is 11.3 Å². The van der Waals surface area contributed by atoms with E-state index in [-0.39, 0.29) is 5.75 Å². The SMILES string of the molecule is COc1ccc(CN2CCCCCC2c2cccs2)cc1O. The zero-order valence-corrected chi connectivity index (χ0v) is 13.8. The lowest BCUT2D eigenvalue weighted by Gasteiger charge is -2.29. The van der Waals surface area contributed by atoms with Crippen LogP contribution in [0.5, 0.6) is 11.5 Å². The van der Waals surface area contributed by atoms with Gasteiger partial charge in [-0.2, -0.15) is 0 Å². The standard InChI is InChI=1S/C18H23NO2S/c1-21-17-9-8-14(12-16(17)20)13-19-10-4-2-3-6-15(19)18-7-5-11-22-18/h5,7-9,11-12,15,20H,2-4,6,10,13H2,1H3. The molecule has 0 radical (unpaired) electrons. The maximum Gasteiger partial charge on any atom is 0.160 e. The summed E-state index contributed by atoms with van der Waals surface area (Å²) in [5.41, 5.74) is 1.14. The summed E-state index contributed by atoms with van der Waals surface area (Å²) in [4.78, 5) is 4.01. The Kier molecular flexibility index (Phi) is 5.01. The number of ether oxygens (including phenoxy) is 1. The molecule has 0 aliphatic carbocycles. The molecule has 4 heteroatoms. The van der Waals surface area contributed by atoms with E-state index in [1.54, 1.807) is 7.11 Å². The molecule has 0 bridgehead atoms. The molecule has 3 nitrogen and oxygen atoms in total. The van der Waals surface area contributed by atoms with Gasteiger partial charge in [-0.3, -0.25) is 4.90 Å². The molecule has 1 aliphatic rings. The molecular weight excluding hydrogens is 294 g/mol. The fraction of sp³-hybridized carbons (Fsp3) is 0.444. The average Bonchev–Trinajstić information content (AvgIpc) is 2.95. The zero-order valence-electron chi connectivity index (χ0n) is 13.0. The number of phenolic OH excluding ortho intramolecular Hbond substituents is 1. The van der Waals surface area contributed by atoms with Gasteiger partial charge in [0.25, 0.3) is 0 Å². The molecule has 1 aliphatic heterocycles. The Hall–Kier alpha value is -1.52. The van der Waals surface area contributed by atoms with E-state index in [4.69, 9.17) is 4.74 Å². The first-order chi connectivity index (χ1) is 10.8. The molecule has 0 spiro atoms. The van der Waals surface area contributed by atoms with Crippen molar-refractivity contribution in [3.05, 3.63) is 46.2 Å². The number of thiophene rings is 1.